The van der Waals surface area contributed by atoms with E-state index in [0.29, 0.717) is 12.0 Å². The molecule has 6 nitrogen and oxygen atoms in total. The third-order valence-corrected chi connectivity index (χ3v) is 7.57. The molecule has 1 aromatic carbocycles. The summed E-state index contributed by atoms with van der Waals surface area (Å²) in [4.78, 5) is 39.8. The number of rotatable bonds is 2. The van der Waals surface area contributed by atoms with Gasteiger partial charge in [-0.1, -0.05) is 31.6 Å². The van der Waals surface area contributed by atoms with E-state index in [4.69, 9.17) is 0 Å². The molecule has 0 aromatic heterocycles. The van der Waals surface area contributed by atoms with E-state index in [9.17, 15) is 24.6 Å². The zero-order chi connectivity index (χ0) is 22.1. The molecule has 1 fully saturated rings. The summed E-state index contributed by atoms with van der Waals surface area (Å²) in [6.45, 7) is 7.12. The quantitative estimate of drug-likeness (QED) is 0.512. The number of Topliss-reactive ketones (excluding diaryl/α,β-unsaturated/α-hetero) is 3. The van der Waals surface area contributed by atoms with Gasteiger partial charge in [0.05, 0.1) is 11.1 Å². The number of phenolic OH excluding ortho intramolecular Hbond substituents is 1. The van der Waals surface area contributed by atoms with Crippen molar-refractivity contribution in [2.24, 2.45) is 17.8 Å². The number of aliphatic hydroxyl groups is 1. The van der Waals surface area contributed by atoms with Crippen LogP contribution in [0.4, 0.5) is 0 Å². The molecule has 158 valence electrons. The molecule has 2 unspecified atom stereocenters. The second-order valence-corrected chi connectivity index (χ2v) is 8.92. The van der Waals surface area contributed by atoms with E-state index in [-0.39, 0.29) is 57.7 Å². The number of phenols is 1. The molecule has 30 heavy (non-hydrogen) atoms. The number of hydrogen-bond acceptors (Lipinski definition) is 6. The summed E-state index contributed by atoms with van der Waals surface area (Å²) in [6.07, 6.45) is 0.457. The maximum absolute atomic E-state index is 13.9. The number of aromatic hydroxyl groups is 1. The van der Waals surface area contributed by atoms with Gasteiger partial charge in [-0.3, -0.25) is 14.4 Å². The number of fused-ring (bicyclic) bond motifs is 3. The summed E-state index contributed by atoms with van der Waals surface area (Å²) in [6, 6.07) is 5.06. The third kappa shape index (κ3) is 2.31. The lowest BCUT2D eigenvalue weighted by Gasteiger charge is -2.53. The molecule has 4 rings (SSSR count). The highest BCUT2D eigenvalue weighted by Gasteiger charge is 2.64. The fourth-order valence-corrected chi connectivity index (χ4v) is 6.24. The molecule has 1 aromatic rings. The van der Waals surface area contributed by atoms with E-state index >= 15 is 0 Å². The predicted octanol–water partition coefficient (Wildman–Crippen LogP) is 3.07. The molecule has 3 aliphatic rings. The Labute approximate surface area is 175 Å². The van der Waals surface area contributed by atoms with E-state index in [1.165, 1.54) is 13.0 Å². The Kier molecular flexibility index (Phi) is 4.54. The number of benzene rings is 1. The van der Waals surface area contributed by atoms with Crippen LogP contribution in [0.15, 0.2) is 34.9 Å². The number of ketones is 3. The monoisotopic (exact) mass is 409 g/mol. The summed E-state index contributed by atoms with van der Waals surface area (Å²) >= 11 is 0. The van der Waals surface area contributed by atoms with E-state index in [0.717, 1.165) is 5.56 Å². The van der Waals surface area contributed by atoms with Gasteiger partial charge in [0.1, 0.15) is 17.0 Å². The minimum Gasteiger partial charge on any atom is -0.507 e. The number of nitrogens with one attached hydrogen (secondary N) is 1. The Morgan fingerprint density at radius 1 is 1.17 bits per heavy atom. The number of aliphatic hydroxyl groups excluding tert-OH is 1. The van der Waals surface area contributed by atoms with Crippen molar-refractivity contribution >= 4 is 23.1 Å². The fraction of sp³-hybridized carbons (Fsp3) is 0.458. The van der Waals surface area contributed by atoms with Crippen LogP contribution in [0.2, 0.25) is 0 Å². The highest BCUT2D eigenvalue weighted by atomic mass is 16.3. The lowest BCUT2D eigenvalue weighted by molar-refractivity contribution is -0.141. The van der Waals surface area contributed by atoms with Crippen LogP contribution in [0, 0.1) is 17.8 Å². The molecule has 3 N–H and O–H groups in total. The standard InChI is InChI=1S/C24H27NO5/c1-10-9-15-12(3)18-11(2)14-7-6-8-16(27)19(14)21(28)20(18)23(30)24(15,25-5)22(29)17(10)13(4)26/h6-8,11-12,15,18,25,27-28H,9H2,1-5H3/t11-,12?,15?,18-,24+/m0/s1. The molecule has 0 radical (unpaired) electrons. The Morgan fingerprint density at radius 2 is 1.83 bits per heavy atom. The van der Waals surface area contributed by atoms with Crippen molar-refractivity contribution in [2.45, 2.75) is 45.6 Å². The first-order valence-corrected chi connectivity index (χ1v) is 10.3. The van der Waals surface area contributed by atoms with Crippen molar-refractivity contribution in [2.75, 3.05) is 7.05 Å². The van der Waals surface area contributed by atoms with Gasteiger partial charge in [-0.2, -0.15) is 0 Å². The van der Waals surface area contributed by atoms with Crippen LogP contribution >= 0.6 is 0 Å². The van der Waals surface area contributed by atoms with Gasteiger partial charge < -0.3 is 15.5 Å². The lowest BCUT2D eigenvalue weighted by atomic mass is 9.50. The first-order valence-electron chi connectivity index (χ1n) is 10.3. The van der Waals surface area contributed by atoms with Crippen LogP contribution in [0.25, 0.3) is 5.76 Å². The fourth-order valence-electron chi connectivity index (χ4n) is 6.24. The Balaban J connectivity index is 2.02. The minimum absolute atomic E-state index is 0.0757. The molecule has 5 atom stereocenters. The highest BCUT2D eigenvalue weighted by molar-refractivity contribution is 6.34. The molecule has 6 heteroatoms. The topological polar surface area (TPSA) is 104 Å². The van der Waals surface area contributed by atoms with Gasteiger partial charge in [0.2, 0.25) is 0 Å². The van der Waals surface area contributed by atoms with Crippen LogP contribution in [0.1, 0.15) is 51.2 Å². The number of carbonyl (C=O) groups excluding carboxylic acids is 3. The number of allylic oxidation sites excluding steroid dienone is 1. The van der Waals surface area contributed by atoms with E-state index in [1.54, 1.807) is 20.0 Å². The molecule has 1 saturated carbocycles. The molecule has 3 aliphatic carbocycles. The summed E-state index contributed by atoms with van der Waals surface area (Å²) in [7, 11) is 1.56. The minimum atomic E-state index is -1.60. The number of carbonyl (C=O) groups is 3. The largest absolute Gasteiger partial charge is 0.507 e. The van der Waals surface area contributed by atoms with E-state index < -0.39 is 17.1 Å². The zero-order valence-corrected chi connectivity index (χ0v) is 17.9. The summed E-state index contributed by atoms with van der Waals surface area (Å²) in [5.74, 6) is -2.60. The van der Waals surface area contributed by atoms with Crippen LogP contribution in [-0.2, 0) is 14.4 Å². The van der Waals surface area contributed by atoms with Gasteiger partial charge in [-0.25, -0.2) is 0 Å². The average molecular weight is 409 g/mol. The van der Waals surface area contributed by atoms with Crippen molar-refractivity contribution in [3.8, 4) is 5.75 Å². The van der Waals surface area contributed by atoms with E-state index in [1.807, 2.05) is 19.9 Å². The predicted molar refractivity (Wildman–Crippen MR) is 112 cm³/mol. The van der Waals surface area contributed by atoms with Gasteiger partial charge in [0.25, 0.3) is 0 Å². The average Bonchev–Trinajstić information content (AvgIpc) is 2.68. The summed E-state index contributed by atoms with van der Waals surface area (Å²) < 4.78 is 0. The van der Waals surface area contributed by atoms with Crippen LogP contribution in [0.5, 0.6) is 5.75 Å². The van der Waals surface area contributed by atoms with Crippen molar-refractivity contribution in [1.82, 2.24) is 5.32 Å². The number of likely N-dealkylation sites (N-methyl/N-ethyl adjacent to an activating group) is 1. The second-order valence-electron chi connectivity index (χ2n) is 8.92. The lowest BCUT2D eigenvalue weighted by Crippen LogP contribution is -2.70. The van der Waals surface area contributed by atoms with Crippen molar-refractivity contribution in [3.05, 3.63) is 46.0 Å². The van der Waals surface area contributed by atoms with Crippen LogP contribution in [-0.4, -0.2) is 40.1 Å². The van der Waals surface area contributed by atoms with Gasteiger partial charge in [0, 0.05) is 11.5 Å². The Morgan fingerprint density at radius 3 is 2.43 bits per heavy atom. The third-order valence-electron chi connectivity index (χ3n) is 7.57. The molecule has 0 bridgehead atoms. The highest BCUT2D eigenvalue weighted by Crippen LogP contribution is 2.57. The first-order chi connectivity index (χ1) is 14.1. The molecule has 0 aliphatic heterocycles. The molecule has 0 saturated heterocycles. The molecule has 0 spiro atoms. The second kappa shape index (κ2) is 6.64. The van der Waals surface area contributed by atoms with E-state index in [2.05, 4.69) is 5.32 Å². The molecule has 0 amide bonds. The van der Waals surface area contributed by atoms with Crippen molar-refractivity contribution < 1.29 is 24.6 Å². The van der Waals surface area contributed by atoms with Gasteiger partial charge in [0.15, 0.2) is 17.3 Å². The van der Waals surface area contributed by atoms with Gasteiger partial charge in [-0.15, -0.1) is 0 Å². The van der Waals surface area contributed by atoms with Crippen LogP contribution in [0.3, 0.4) is 0 Å². The molecule has 0 heterocycles. The van der Waals surface area contributed by atoms with Gasteiger partial charge >= 0.3 is 0 Å². The van der Waals surface area contributed by atoms with Crippen molar-refractivity contribution in [1.29, 1.82) is 0 Å². The molecular formula is C24H27NO5. The first kappa shape index (κ1) is 20.5. The number of hydrogen-bond donors (Lipinski definition) is 3. The zero-order valence-electron chi connectivity index (χ0n) is 17.9. The smallest absolute Gasteiger partial charge is 0.194 e. The Hall–Kier alpha value is -2.73. The normalized spacial score (nSPS) is 33.2. The van der Waals surface area contributed by atoms with Crippen molar-refractivity contribution in [3.63, 3.8) is 0 Å². The maximum atomic E-state index is 13.9. The summed E-state index contributed by atoms with van der Waals surface area (Å²) in [5, 5.41) is 24.5. The SMILES string of the molecule is CN[C@@]12C(=O)C(C(C)=O)=C(C)CC1C(C)[C@H]1C(=C(O)c3c(O)cccc3[C@@H]1C)C2=O. The maximum Gasteiger partial charge on any atom is 0.194 e. The Bertz CT molecular complexity index is 1070. The molecular weight excluding hydrogens is 382 g/mol. The van der Waals surface area contributed by atoms with Crippen LogP contribution < -0.4 is 5.32 Å². The van der Waals surface area contributed by atoms with Gasteiger partial charge in [-0.05, 0) is 56.7 Å². The summed E-state index contributed by atoms with van der Waals surface area (Å²) in [5.41, 5.74) is 0.403.